The number of aromatic nitrogens is 2. The number of nitrogens with one attached hydrogen (secondary N) is 1. The number of aryl methyl sites for hydroxylation is 1. The van der Waals surface area contributed by atoms with Gasteiger partial charge in [0, 0.05) is 42.6 Å². The van der Waals surface area contributed by atoms with Gasteiger partial charge in [-0.05, 0) is 31.0 Å². The van der Waals surface area contributed by atoms with Gasteiger partial charge < -0.3 is 14.6 Å². The van der Waals surface area contributed by atoms with E-state index in [4.69, 9.17) is 4.74 Å². The zero-order valence-electron chi connectivity index (χ0n) is 12.4. The highest BCUT2D eigenvalue weighted by molar-refractivity contribution is 9.10. The van der Waals surface area contributed by atoms with Crippen molar-refractivity contribution in [2.75, 3.05) is 6.61 Å². The van der Waals surface area contributed by atoms with Crippen LogP contribution in [-0.4, -0.2) is 22.2 Å². The van der Waals surface area contributed by atoms with Crippen LogP contribution in [0, 0.1) is 5.82 Å². The fourth-order valence-corrected chi connectivity index (χ4v) is 3.30. The average molecular weight is 368 g/mol. The molecule has 0 spiro atoms. The van der Waals surface area contributed by atoms with Crippen molar-refractivity contribution in [2.45, 2.75) is 38.6 Å². The summed E-state index contributed by atoms with van der Waals surface area (Å²) in [7, 11) is 0. The summed E-state index contributed by atoms with van der Waals surface area (Å²) in [6.45, 7) is 4.37. The van der Waals surface area contributed by atoms with Crippen LogP contribution in [0.4, 0.5) is 4.39 Å². The van der Waals surface area contributed by atoms with E-state index in [2.05, 4.69) is 37.7 Å². The molecule has 22 heavy (non-hydrogen) atoms. The highest BCUT2D eigenvalue weighted by Crippen LogP contribution is 2.29. The second kappa shape index (κ2) is 6.89. The van der Waals surface area contributed by atoms with E-state index in [1.165, 1.54) is 12.1 Å². The van der Waals surface area contributed by atoms with Crippen molar-refractivity contribution < 1.29 is 9.13 Å². The minimum atomic E-state index is -0.234. The third-order valence-electron chi connectivity index (χ3n) is 4.00. The van der Waals surface area contributed by atoms with Gasteiger partial charge in [0.1, 0.15) is 17.7 Å². The molecule has 1 aromatic heterocycles. The van der Waals surface area contributed by atoms with E-state index >= 15 is 0 Å². The number of hydrogen-bond donors (Lipinski definition) is 1. The topological polar surface area (TPSA) is 39.1 Å². The molecule has 1 saturated heterocycles. The molecule has 4 nitrogen and oxygen atoms in total. The van der Waals surface area contributed by atoms with E-state index < -0.39 is 0 Å². The van der Waals surface area contributed by atoms with Crippen LogP contribution in [0.2, 0.25) is 0 Å². The second-order valence-corrected chi connectivity index (χ2v) is 6.23. The molecule has 1 aliphatic rings. The second-order valence-electron chi connectivity index (χ2n) is 5.37. The van der Waals surface area contributed by atoms with Crippen LogP contribution in [0.15, 0.2) is 35.1 Å². The van der Waals surface area contributed by atoms with Gasteiger partial charge in [-0.3, -0.25) is 0 Å². The van der Waals surface area contributed by atoms with Gasteiger partial charge in [0.15, 0.2) is 0 Å². The molecule has 0 radical (unpaired) electrons. The molecule has 0 unspecified atom stereocenters. The summed E-state index contributed by atoms with van der Waals surface area (Å²) in [6, 6.07) is 4.98. The molecule has 0 aliphatic carbocycles. The predicted octanol–water partition coefficient (Wildman–Crippen LogP) is 3.42. The lowest BCUT2D eigenvalue weighted by atomic mass is 10.1. The molecule has 1 fully saturated rings. The number of imidazole rings is 1. The molecule has 0 bridgehead atoms. The first-order chi connectivity index (χ1) is 10.7. The predicted molar refractivity (Wildman–Crippen MR) is 85.9 cm³/mol. The smallest absolute Gasteiger partial charge is 0.139 e. The summed E-state index contributed by atoms with van der Waals surface area (Å²) in [6.07, 6.45) is 4.70. The van der Waals surface area contributed by atoms with Gasteiger partial charge in [0.25, 0.3) is 0 Å². The molecule has 0 saturated carbocycles. The summed E-state index contributed by atoms with van der Waals surface area (Å²) in [5.74, 6) is 0.735. The van der Waals surface area contributed by atoms with E-state index in [0.29, 0.717) is 6.54 Å². The molecule has 1 aliphatic heterocycles. The molecule has 2 atom stereocenters. The van der Waals surface area contributed by atoms with E-state index in [1.54, 1.807) is 6.07 Å². The van der Waals surface area contributed by atoms with Crippen molar-refractivity contribution in [2.24, 2.45) is 0 Å². The summed E-state index contributed by atoms with van der Waals surface area (Å²) < 4.78 is 21.9. The average Bonchev–Trinajstić information content (AvgIpc) is 3.14. The molecule has 1 N–H and O–H groups in total. The number of nitrogens with zero attached hydrogens (tertiary/aromatic N) is 2. The number of hydrogen-bond acceptors (Lipinski definition) is 3. The van der Waals surface area contributed by atoms with Crippen LogP contribution < -0.4 is 5.32 Å². The summed E-state index contributed by atoms with van der Waals surface area (Å²) in [5, 5.41) is 3.52. The van der Waals surface area contributed by atoms with Gasteiger partial charge in [-0.25, -0.2) is 9.37 Å². The van der Waals surface area contributed by atoms with E-state index in [-0.39, 0.29) is 18.0 Å². The molecule has 118 valence electrons. The zero-order valence-corrected chi connectivity index (χ0v) is 14.0. The SMILES string of the molecule is CCn1ccnc1[C@H]1OCC[C@@H]1NCc1ccc(F)cc1Br. The van der Waals surface area contributed by atoms with Crippen LogP contribution in [0.1, 0.15) is 30.8 Å². The number of rotatable bonds is 5. The third kappa shape index (κ3) is 3.24. The first-order valence-electron chi connectivity index (χ1n) is 7.49. The Morgan fingerprint density at radius 2 is 2.36 bits per heavy atom. The molecule has 2 aromatic rings. The van der Waals surface area contributed by atoms with Gasteiger partial charge in [0.2, 0.25) is 0 Å². The fraction of sp³-hybridized carbons (Fsp3) is 0.438. The third-order valence-corrected chi connectivity index (χ3v) is 4.74. The highest BCUT2D eigenvalue weighted by atomic mass is 79.9. The van der Waals surface area contributed by atoms with E-state index in [1.807, 2.05) is 12.4 Å². The highest BCUT2D eigenvalue weighted by Gasteiger charge is 2.32. The van der Waals surface area contributed by atoms with Gasteiger partial charge >= 0.3 is 0 Å². The number of ether oxygens (including phenoxy) is 1. The Hall–Kier alpha value is -1.24. The van der Waals surface area contributed by atoms with Crippen molar-refractivity contribution in [1.29, 1.82) is 0 Å². The summed E-state index contributed by atoms with van der Waals surface area (Å²) >= 11 is 3.41. The molecule has 6 heteroatoms. The Kier molecular flexibility index (Phi) is 4.90. The van der Waals surface area contributed by atoms with Crippen LogP contribution in [-0.2, 0) is 17.8 Å². The fourth-order valence-electron chi connectivity index (χ4n) is 2.80. The maximum atomic E-state index is 13.1. The Labute approximate surface area is 137 Å². The van der Waals surface area contributed by atoms with Crippen molar-refractivity contribution >= 4 is 15.9 Å². The van der Waals surface area contributed by atoms with Crippen LogP contribution in [0.5, 0.6) is 0 Å². The van der Waals surface area contributed by atoms with Gasteiger partial charge in [-0.15, -0.1) is 0 Å². The van der Waals surface area contributed by atoms with Crippen molar-refractivity contribution in [1.82, 2.24) is 14.9 Å². The largest absolute Gasteiger partial charge is 0.369 e. The Morgan fingerprint density at radius 1 is 1.50 bits per heavy atom. The first kappa shape index (κ1) is 15.6. The van der Waals surface area contributed by atoms with Crippen LogP contribution in [0.3, 0.4) is 0 Å². The molecule has 2 heterocycles. The first-order valence-corrected chi connectivity index (χ1v) is 8.28. The molecule has 3 rings (SSSR count). The molecular weight excluding hydrogens is 349 g/mol. The quantitative estimate of drug-likeness (QED) is 0.879. The maximum Gasteiger partial charge on any atom is 0.139 e. The minimum absolute atomic E-state index is 0.0332. The molecular formula is C16H19BrFN3O. The van der Waals surface area contributed by atoms with Gasteiger partial charge in [0.05, 0.1) is 0 Å². The molecule has 1 aromatic carbocycles. The lowest BCUT2D eigenvalue weighted by Gasteiger charge is -2.20. The minimum Gasteiger partial charge on any atom is -0.369 e. The normalized spacial score (nSPS) is 21.4. The monoisotopic (exact) mass is 367 g/mol. The van der Waals surface area contributed by atoms with E-state index in [0.717, 1.165) is 35.4 Å². The standard InChI is InChI=1S/C16H19BrFN3O/c1-2-21-7-6-19-16(21)15-14(5-8-22-15)20-10-11-3-4-12(18)9-13(11)17/h3-4,6-7,9,14-15,20H,2,5,8,10H2,1H3/t14-,15-/m0/s1. The maximum absolute atomic E-state index is 13.1. The summed E-state index contributed by atoms with van der Waals surface area (Å²) in [5.41, 5.74) is 1.03. The van der Waals surface area contributed by atoms with Crippen molar-refractivity contribution in [3.8, 4) is 0 Å². The molecule has 0 amide bonds. The lowest BCUT2D eigenvalue weighted by molar-refractivity contribution is 0.0886. The lowest BCUT2D eigenvalue weighted by Crippen LogP contribution is -2.32. The Morgan fingerprint density at radius 3 is 3.14 bits per heavy atom. The van der Waals surface area contributed by atoms with E-state index in [9.17, 15) is 4.39 Å². The number of halogens is 2. The Balaban J connectivity index is 1.69. The summed E-state index contributed by atoms with van der Waals surface area (Å²) in [4.78, 5) is 4.44. The zero-order chi connectivity index (χ0) is 15.5. The van der Waals surface area contributed by atoms with Gasteiger partial charge in [-0.1, -0.05) is 22.0 Å². The van der Waals surface area contributed by atoms with Crippen LogP contribution in [0.25, 0.3) is 0 Å². The number of benzene rings is 1. The van der Waals surface area contributed by atoms with Gasteiger partial charge in [-0.2, -0.15) is 0 Å². The Bertz CT molecular complexity index is 646. The van der Waals surface area contributed by atoms with Crippen LogP contribution >= 0.6 is 15.9 Å². The van der Waals surface area contributed by atoms with Crippen molar-refractivity contribution in [3.63, 3.8) is 0 Å². The van der Waals surface area contributed by atoms with Crippen molar-refractivity contribution in [3.05, 3.63) is 52.3 Å².